The van der Waals surface area contributed by atoms with Crippen molar-refractivity contribution < 1.29 is 9.78 Å². The van der Waals surface area contributed by atoms with Crippen LogP contribution in [0, 0.1) is 0 Å². The maximum atomic E-state index is 11.9. The predicted molar refractivity (Wildman–Crippen MR) is 66.8 cm³/mol. The second-order valence-electron chi connectivity index (χ2n) is 3.48. The highest BCUT2D eigenvalue weighted by molar-refractivity contribution is 6.34. The summed E-state index contributed by atoms with van der Waals surface area (Å²) >= 11 is 5.93. The van der Waals surface area contributed by atoms with Crippen molar-refractivity contribution in [1.82, 2.24) is 0 Å². The summed E-state index contributed by atoms with van der Waals surface area (Å²) in [4.78, 5) is 14.8. The van der Waals surface area contributed by atoms with Crippen molar-refractivity contribution in [2.75, 3.05) is 11.1 Å². The minimum atomic E-state index is -0.284. The SMILES string of the molecule is Nc1ccc(Cl)c(C(=O)Nc2cc[nH+]cc2)c1. The van der Waals surface area contributed by atoms with Gasteiger partial charge in [-0.15, -0.1) is 0 Å². The van der Waals surface area contributed by atoms with Gasteiger partial charge in [-0.05, 0) is 18.2 Å². The Labute approximate surface area is 103 Å². The van der Waals surface area contributed by atoms with Gasteiger partial charge >= 0.3 is 0 Å². The molecule has 2 aromatic rings. The number of nitrogens with two attached hydrogens (primary N) is 1. The number of nitrogens with one attached hydrogen (secondary N) is 2. The Morgan fingerprint density at radius 1 is 1.24 bits per heavy atom. The lowest BCUT2D eigenvalue weighted by Gasteiger charge is -2.06. The first-order valence-electron chi connectivity index (χ1n) is 4.99. The molecule has 0 unspecified atom stereocenters. The summed E-state index contributed by atoms with van der Waals surface area (Å²) in [5, 5.41) is 3.10. The van der Waals surface area contributed by atoms with Crippen LogP contribution in [0.15, 0.2) is 42.7 Å². The molecular formula is C12H11ClN3O+. The molecule has 4 N–H and O–H groups in total. The molecule has 0 aliphatic rings. The van der Waals surface area contributed by atoms with Crippen molar-refractivity contribution in [3.63, 3.8) is 0 Å². The number of hydrogen-bond donors (Lipinski definition) is 2. The number of halogens is 1. The molecular weight excluding hydrogens is 238 g/mol. The number of anilines is 2. The van der Waals surface area contributed by atoms with E-state index in [0.717, 1.165) is 0 Å². The smallest absolute Gasteiger partial charge is 0.257 e. The van der Waals surface area contributed by atoms with E-state index in [1.54, 1.807) is 42.7 Å². The third kappa shape index (κ3) is 2.73. The lowest BCUT2D eigenvalue weighted by molar-refractivity contribution is -0.377. The monoisotopic (exact) mass is 248 g/mol. The van der Waals surface area contributed by atoms with Crippen LogP contribution in [0.1, 0.15) is 10.4 Å². The van der Waals surface area contributed by atoms with Crippen LogP contribution in [0.5, 0.6) is 0 Å². The number of amides is 1. The zero-order valence-electron chi connectivity index (χ0n) is 8.91. The van der Waals surface area contributed by atoms with Crippen molar-refractivity contribution in [1.29, 1.82) is 0 Å². The van der Waals surface area contributed by atoms with Crippen LogP contribution in [-0.4, -0.2) is 5.91 Å². The Kier molecular flexibility index (Phi) is 3.25. The average molecular weight is 249 g/mol. The molecule has 5 heteroatoms. The van der Waals surface area contributed by atoms with Crippen LogP contribution >= 0.6 is 11.6 Å². The fourth-order valence-corrected chi connectivity index (χ4v) is 1.59. The largest absolute Gasteiger partial charge is 0.399 e. The molecule has 0 spiro atoms. The fraction of sp³-hybridized carbons (Fsp3) is 0. The molecule has 1 aromatic carbocycles. The molecule has 2 rings (SSSR count). The highest BCUT2D eigenvalue weighted by atomic mass is 35.5. The van der Waals surface area contributed by atoms with Crippen LogP contribution in [0.25, 0.3) is 0 Å². The van der Waals surface area contributed by atoms with Crippen molar-refractivity contribution in [3.8, 4) is 0 Å². The van der Waals surface area contributed by atoms with Gasteiger partial charge in [-0.1, -0.05) is 11.6 Å². The van der Waals surface area contributed by atoms with E-state index in [1.165, 1.54) is 0 Å². The molecule has 0 saturated heterocycles. The van der Waals surface area contributed by atoms with E-state index in [9.17, 15) is 4.79 Å². The molecule has 0 atom stereocenters. The second-order valence-corrected chi connectivity index (χ2v) is 3.89. The molecule has 17 heavy (non-hydrogen) atoms. The third-order valence-corrected chi connectivity index (χ3v) is 2.54. The van der Waals surface area contributed by atoms with Gasteiger partial charge in [-0.25, -0.2) is 4.98 Å². The normalized spacial score (nSPS) is 9.94. The van der Waals surface area contributed by atoms with Gasteiger partial charge in [-0.3, -0.25) is 4.79 Å². The molecule has 0 saturated carbocycles. The fourth-order valence-electron chi connectivity index (χ4n) is 1.39. The van der Waals surface area contributed by atoms with Crippen LogP contribution in [0.2, 0.25) is 5.02 Å². The lowest BCUT2D eigenvalue weighted by Crippen LogP contribution is -2.13. The van der Waals surface area contributed by atoms with Gasteiger partial charge in [0.15, 0.2) is 12.4 Å². The number of hydrogen-bond acceptors (Lipinski definition) is 2. The van der Waals surface area contributed by atoms with Crippen LogP contribution < -0.4 is 16.0 Å². The van der Waals surface area contributed by atoms with Gasteiger partial charge in [-0.2, -0.15) is 0 Å². The van der Waals surface area contributed by atoms with E-state index in [2.05, 4.69) is 10.3 Å². The molecule has 86 valence electrons. The number of carbonyl (C=O) groups excluding carboxylic acids is 1. The van der Waals surface area contributed by atoms with E-state index in [0.29, 0.717) is 22.0 Å². The van der Waals surface area contributed by atoms with Gasteiger partial charge < -0.3 is 11.1 Å². The minimum absolute atomic E-state index is 0.284. The molecule has 0 aliphatic heterocycles. The highest BCUT2D eigenvalue weighted by Gasteiger charge is 2.11. The molecule has 0 bridgehead atoms. The van der Waals surface area contributed by atoms with Crippen molar-refractivity contribution in [3.05, 3.63) is 53.3 Å². The van der Waals surface area contributed by atoms with Crippen molar-refractivity contribution >= 4 is 28.9 Å². The summed E-state index contributed by atoms with van der Waals surface area (Å²) in [5.74, 6) is -0.284. The number of pyridine rings is 1. The molecule has 1 aromatic heterocycles. The molecule has 0 aliphatic carbocycles. The number of nitrogen functional groups attached to an aromatic ring is 1. The highest BCUT2D eigenvalue weighted by Crippen LogP contribution is 2.20. The van der Waals surface area contributed by atoms with E-state index >= 15 is 0 Å². The van der Waals surface area contributed by atoms with E-state index in [4.69, 9.17) is 17.3 Å². The summed E-state index contributed by atoms with van der Waals surface area (Å²) in [6, 6.07) is 8.30. The number of aromatic amines is 1. The lowest BCUT2D eigenvalue weighted by atomic mass is 10.2. The van der Waals surface area contributed by atoms with Gasteiger partial charge in [0.05, 0.1) is 16.3 Å². The first-order chi connectivity index (χ1) is 8.16. The molecule has 0 fully saturated rings. The van der Waals surface area contributed by atoms with Gasteiger partial charge in [0, 0.05) is 17.8 Å². The van der Waals surface area contributed by atoms with Gasteiger partial charge in [0.25, 0.3) is 5.91 Å². The van der Waals surface area contributed by atoms with E-state index < -0.39 is 0 Å². The summed E-state index contributed by atoms with van der Waals surface area (Å²) in [7, 11) is 0. The summed E-state index contributed by atoms with van der Waals surface area (Å²) < 4.78 is 0. The molecule has 1 heterocycles. The number of carbonyl (C=O) groups is 1. The zero-order valence-corrected chi connectivity index (χ0v) is 9.66. The Morgan fingerprint density at radius 2 is 1.94 bits per heavy atom. The number of H-pyrrole nitrogens is 1. The van der Waals surface area contributed by atoms with E-state index in [-0.39, 0.29) is 5.91 Å². The standard InChI is InChI=1S/C12H10ClN3O/c13-11-2-1-8(14)7-10(11)12(17)16-9-3-5-15-6-4-9/h1-7H,14H2,(H,15,16,17)/p+1. The first kappa shape index (κ1) is 11.4. The third-order valence-electron chi connectivity index (χ3n) is 2.21. The maximum Gasteiger partial charge on any atom is 0.257 e. The summed E-state index contributed by atoms with van der Waals surface area (Å²) in [5.41, 5.74) is 7.16. The predicted octanol–water partition coefficient (Wildman–Crippen LogP) is 1.99. The maximum absolute atomic E-state index is 11.9. The zero-order chi connectivity index (χ0) is 12.3. The van der Waals surface area contributed by atoms with Crippen molar-refractivity contribution in [2.45, 2.75) is 0 Å². The number of rotatable bonds is 2. The summed E-state index contributed by atoms with van der Waals surface area (Å²) in [6.45, 7) is 0. The first-order valence-corrected chi connectivity index (χ1v) is 5.37. The van der Waals surface area contributed by atoms with Crippen molar-refractivity contribution in [2.24, 2.45) is 0 Å². The second kappa shape index (κ2) is 4.84. The Bertz CT molecular complexity index is 543. The van der Waals surface area contributed by atoms with Crippen LogP contribution in [-0.2, 0) is 0 Å². The quantitative estimate of drug-likeness (QED) is 0.798. The van der Waals surface area contributed by atoms with Crippen LogP contribution in [0.4, 0.5) is 11.4 Å². The molecule has 0 radical (unpaired) electrons. The minimum Gasteiger partial charge on any atom is -0.399 e. The average Bonchev–Trinajstić information content (AvgIpc) is 2.33. The van der Waals surface area contributed by atoms with Crippen LogP contribution in [0.3, 0.4) is 0 Å². The van der Waals surface area contributed by atoms with Gasteiger partial charge in [0.1, 0.15) is 0 Å². The Morgan fingerprint density at radius 3 is 2.65 bits per heavy atom. The molecule has 1 amide bonds. The Hall–Kier alpha value is -2.07. The van der Waals surface area contributed by atoms with Gasteiger partial charge in [0.2, 0.25) is 0 Å². The number of benzene rings is 1. The topological polar surface area (TPSA) is 69.3 Å². The van der Waals surface area contributed by atoms with E-state index in [1.807, 2.05) is 0 Å². The Balaban J connectivity index is 2.23. The summed E-state index contributed by atoms with van der Waals surface area (Å²) in [6.07, 6.45) is 3.44. The molecule has 4 nitrogen and oxygen atoms in total. The number of aromatic nitrogens is 1.